The maximum atomic E-state index is 13.1. The van der Waals surface area contributed by atoms with Gasteiger partial charge >= 0.3 is 0 Å². The predicted octanol–water partition coefficient (Wildman–Crippen LogP) is 3.52. The highest BCUT2D eigenvalue weighted by atomic mass is 19.2. The van der Waals surface area contributed by atoms with Gasteiger partial charge in [-0.05, 0) is 48.4 Å². The molecule has 2 aromatic carbocycles. The molecule has 0 radical (unpaired) electrons. The van der Waals surface area contributed by atoms with Gasteiger partial charge in [0.15, 0.2) is 11.6 Å². The normalized spacial score (nSPS) is 10.3. The van der Waals surface area contributed by atoms with Crippen molar-refractivity contribution in [2.45, 2.75) is 19.8 Å². The van der Waals surface area contributed by atoms with Crippen LogP contribution >= 0.6 is 0 Å². The number of anilines is 2. The molecule has 1 N–H and O–H groups in total. The Morgan fingerprint density at radius 3 is 2.29 bits per heavy atom. The molecule has 6 heteroatoms. The number of carbonyl (C=O) groups excluding carboxylic acids is 2. The van der Waals surface area contributed by atoms with Crippen LogP contribution in [0.15, 0.2) is 42.5 Å². The minimum absolute atomic E-state index is 0.0849. The smallest absolute Gasteiger partial charge is 0.224 e. The monoisotopic (exact) mass is 332 g/mol. The summed E-state index contributed by atoms with van der Waals surface area (Å²) in [5.41, 5.74) is 1.88. The molecule has 24 heavy (non-hydrogen) atoms. The molecule has 2 rings (SSSR count). The van der Waals surface area contributed by atoms with Crippen LogP contribution in [0.2, 0.25) is 0 Å². The van der Waals surface area contributed by atoms with Gasteiger partial charge in [0.1, 0.15) is 0 Å². The van der Waals surface area contributed by atoms with Crippen molar-refractivity contribution in [3.05, 3.63) is 59.7 Å². The third-order valence-corrected chi connectivity index (χ3v) is 3.64. The molecular weight excluding hydrogens is 314 g/mol. The standard InChI is InChI=1S/C18H18F2N2O2/c1-12(23)22(2)15-7-5-14(6-8-15)21-18(24)10-4-13-3-9-16(19)17(20)11-13/h3,5-9,11H,4,10H2,1-2H3,(H,21,24). The molecule has 0 aromatic heterocycles. The lowest BCUT2D eigenvalue weighted by atomic mass is 10.1. The first kappa shape index (κ1) is 17.6. The van der Waals surface area contributed by atoms with Crippen LogP contribution in [0.25, 0.3) is 0 Å². The average molecular weight is 332 g/mol. The molecule has 2 aromatic rings. The molecule has 126 valence electrons. The van der Waals surface area contributed by atoms with E-state index in [0.29, 0.717) is 17.7 Å². The van der Waals surface area contributed by atoms with E-state index in [1.54, 1.807) is 31.3 Å². The number of amides is 2. The number of aryl methyl sites for hydroxylation is 1. The summed E-state index contributed by atoms with van der Waals surface area (Å²) in [6, 6.07) is 10.5. The Hall–Kier alpha value is -2.76. The zero-order valence-corrected chi connectivity index (χ0v) is 13.5. The van der Waals surface area contributed by atoms with Gasteiger partial charge in [0.2, 0.25) is 11.8 Å². The number of nitrogens with zero attached hydrogens (tertiary/aromatic N) is 1. The van der Waals surface area contributed by atoms with Crippen molar-refractivity contribution < 1.29 is 18.4 Å². The zero-order chi connectivity index (χ0) is 17.7. The van der Waals surface area contributed by atoms with Gasteiger partial charge in [-0.3, -0.25) is 9.59 Å². The summed E-state index contributed by atoms with van der Waals surface area (Å²) < 4.78 is 26.0. The Labute approximate surface area is 139 Å². The fourth-order valence-electron chi connectivity index (χ4n) is 2.13. The topological polar surface area (TPSA) is 49.4 Å². The van der Waals surface area contributed by atoms with Crippen LogP contribution in [-0.4, -0.2) is 18.9 Å². The second-order valence-corrected chi connectivity index (χ2v) is 5.42. The lowest BCUT2D eigenvalue weighted by molar-refractivity contribution is -0.117. The van der Waals surface area contributed by atoms with E-state index in [2.05, 4.69) is 5.32 Å². The van der Waals surface area contributed by atoms with Gasteiger partial charge in [-0.1, -0.05) is 6.07 Å². The largest absolute Gasteiger partial charge is 0.326 e. The molecule has 4 nitrogen and oxygen atoms in total. The van der Waals surface area contributed by atoms with E-state index < -0.39 is 11.6 Å². The average Bonchev–Trinajstić information content (AvgIpc) is 2.56. The number of benzene rings is 2. The maximum Gasteiger partial charge on any atom is 0.224 e. The molecule has 0 saturated heterocycles. The van der Waals surface area contributed by atoms with Crippen LogP contribution in [0, 0.1) is 11.6 Å². The fourth-order valence-corrected chi connectivity index (χ4v) is 2.13. The van der Waals surface area contributed by atoms with E-state index in [9.17, 15) is 18.4 Å². The third-order valence-electron chi connectivity index (χ3n) is 3.64. The zero-order valence-electron chi connectivity index (χ0n) is 13.5. The van der Waals surface area contributed by atoms with Crippen LogP contribution in [0.3, 0.4) is 0 Å². The van der Waals surface area contributed by atoms with Gasteiger partial charge in [-0.25, -0.2) is 8.78 Å². The van der Waals surface area contributed by atoms with Gasteiger partial charge in [0.05, 0.1) is 0 Å². The summed E-state index contributed by atoms with van der Waals surface area (Å²) in [6.07, 6.45) is 0.467. The molecule has 0 unspecified atom stereocenters. The minimum atomic E-state index is -0.918. The molecular formula is C18H18F2N2O2. The van der Waals surface area contributed by atoms with Crippen LogP contribution < -0.4 is 10.2 Å². The van der Waals surface area contributed by atoms with Gasteiger partial charge < -0.3 is 10.2 Å². The highest BCUT2D eigenvalue weighted by Crippen LogP contribution is 2.17. The number of nitrogens with one attached hydrogen (secondary N) is 1. The van der Waals surface area contributed by atoms with E-state index in [-0.39, 0.29) is 18.2 Å². The molecule has 0 heterocycles. The summed E-state index contributed by atoms with van der Waals surface area (Å²) in [4.78, 5) is 24.7. The van der Waals surface area contributed by atoms with Crippen molar-refractivity contribution in [2.24, 2.45) is 0 Å². The first-order chi connectivity index (χ1) is 11.4. The van der Waals surface area contributed by atoms with E-state index in [0.717, 1.165) is 17.8 Å². The lowest BCUT2D eigenvalue weighted by Crippen LogP contribution is -2.22. The van der Waals surface area contributed by atoms with Crippen molar-refractivity contribution >= 4 is 23.2 Å². The first-order valence-corrected chi connectivity index (χ1v) is 7.45. The highest BCUT2D eigenvalue weighted by molar-refractivity contribution is 5.93. The molecule has 0 spiro atoms. The Balaban J connectivity index is 1.90. The highest BCUT2D eigenvalue weighted by Gasteiger charge is 2.08. The van der Waals surface area contributed by atoms with Crippen LogP contribution in [-0.2, 0) is 16.0 Å². The van der Waals surface area contributed by atoms with Crippen molar-refractivity contribution in [1.82, 2.24) is 0 Å². The predicted molar refractivity (Wildman–Crippen MR) is 88.8 cm³/mol. The van der Waals surface area contributed by atoms with Gasteiger partial charge in [0.25, 0.3) is 0 Å². The maximum absolute atomic E-state index is 13.1. The van der Waals surface area contributed by atoms with Crippen molar-refractivity contribution in [3.63, 3.8) is 0 Å². The Bertz CT molecular complexity index is 745. The SMILES string of the molecule is CC(=O)N(C)c1ccc(NC(=O)CCc2ccc(F)c(F)c2)cc1. The van der Waals surface area contributed by atoms with Crippen LogP contribution in [0.5, 0.6) is 0 Å². The quantitative estimate of drug-likeness (QED) is 0.911. The molecule has 0 atom stereocenters. The van der Waals surface area contributed by atoms with Crippen molar-refractivity contribution in [1.29, 1.82) is 0 Å². The number of hydrogen-bond acceptors (Lipinski definition) is 2. The summed E-state index contributed by atoms with van der Waals surface area (Å²) in [7, 11) is 1.66. The molecule has 0 saturated carbocycles. The molecule has 0 aliphatic carbocycles. The molecule has 0 aliphatic rings. The molecule has 0 fully saturated rings. The van der Waals surface area contributed by atoms with Gasteiger partial charge in [-0.2, -0.15) is 0 Å². The number of hydrogen-bond donors (Lipinski definition) is 1. The van der Waals surface area contributed by atoms with E-state index in [4.69, 9.17) is 0 Å². The van der Waals surface area contributed by atoms with Crippen LogP contribution in [0.1, 0.15) is 18.9 Å². The Morgan fingerprint density at radius 2 is 1.71 bits per heavy atom. The second kappa shape index (κ2) is 7.68. The molecule has 0 aliphatic heterocycles. The number of rotatable bonds is 5. The van der Waals surface area contributed by atoms with E-state index in [1.807, 2.05) is 0 Å². The summed E-state index contributed by atoms with van der Waals surface area (Å²) >= 11 is 0. The number of carbonyl (C=O) groups is 2. The minimum Gasteiger partial charge on any atom is -0.326 e. The van der Waals surface area contributed by atoms with Crippen LogP contribution in [0.4, 0.5) is 20.2 Å². The Kier molecular flexibility index (Phi) is 5.63. The summed E-state index contributed by atoms with van der Waals surface area (Å²) in [5, 5.41) is 2.72. The van der Waals surface area contributed by atoms with Crippen molar-refractivity contribution in [3.8, 4) is 0 Å². The third kappa shape index (κ3) is 4.62. The van der Waals surface area contributed by atoms with E-state index >= 15 is 0 Å². The van der Waals surface area contributed by atoms with Gasteiger partial charge in [0, 0.05) is 31.8 Å². The fraction of sp³-hybridized carbons (Fsp3) is 0.222. The lowest BCUT2D eigenvalue weighted by Gasteiger charge is -2.15. The summed E-state index contributed by atoms with van der Waals surface area (Å²) in [6.45, 7) is 1.47. The first-order valence-electron chi connectivity index (χ1n) is 7.45. The summed E-state index contributed by atoms with van der Waals surface area (Å²) in [5.74, 6) is -2.14. The molecule has 2 amide bonds. The van der Waals surface area contributed by atoms with Crippen molar-refractivity contribution in [2.75, 3.05) is 17.3 Å². The molecule has 0 bridgehead atoms. The van der Waals surface area contributed by atoms with Gasteiger partial charge in [-0.15, -0.1) is 0 Å². The Morgan fingerprint density at radius 1 is 1.04 bits per heavy atom. The van der Waals surface area contributed by atoms with E-state index in [1.165, 1.54) is 17.9 Å². The second-order valence-electron chi connectivity index (χ2n) is 5.42. The number of halogens is 2.